The average Bonchev–Trinajstić information content (AvgIpc) is 2.71. The van der Waals surface area contributed by atoms with Gasteiger partial charge in [0.25, 0.3) is 0 Å². The highest BCUT2D eigenvalue weighted by atomic mass is 19.1. The maximum Gasteiger partial charge on any atom is 0.330 e. The van der Waals surface area contributed by atoms with Crippen LogP contribution in [0, 0.1) is 11.6 Å². The molecule has 0 heterocycles. The molecule has 0 aliphatic carbocycles. The number of hydrogen-bond acceptors (Lipinski definition) is 5. The van der Waals surface area contributed by atoms with Crippen molar-refractivity contribution >= 4 is 17.7 Å². The molecule has 0 bridgehead atoms. The monoisotopic (exact) mass is 458 g/mol. The van der Waals surface area contributed by atoms with Crippen LogP contribution in [0.5, 0.6) is 0 Å². The molecule has 2 aromatic rings. The Bertz CT molecular complexity index is 1010. The number of halogens is 2. The fourth-order valence-corrected chi connectivity index (χ4v) is 3.04. The number of esters is 1. The van der Waals surface area contributed by atoms with Gasteiger partial charge < -0.3 is 10.1 Å². The van der Waals surface area contributed by atoms with Crippen LogP contribution in [-0.4, -0.2) is 48.3 Å². The van der Waals surface area contributed by atoms with E-state index in [-0.39, 0.29) is 24.6 Å². The molecule has 1 N–H and O–H groups in total. The van der Waals surface area contributed by atoms with Crippen molar-refractivity contribution in [1.29, 1.82) is 0 Å². The quantitative estimate of drug-likeness (QED) is 0.351. The molecule has 0 spiro atoms. The minimum Gasteiger partial charge on any atom is -0.461 e. The second-order valence-corrected chi connectivity index (χ2v) is 8.55. The molecule has 8 heteroatoms. The summed E-state index contributed by atoms with van der Waals surface area (Å²) in [5.74, 6) is -2.44. The zero-order valence-electron chi connectivity index (χ0n) is 19.1. The Morgan fingerprint density at radius 3 is 2.30 bits per heavy atom. The number of likely N-dealkylation sites (N-methyl/N-ethyl adjacent to an activating group) is 1. The number of nitrogens with one attached hydrogen (secondary N) is 1. The highest BCUT2D eigenvalue weighted by Gasteiger charge is 2.28. The first-order valence-electron chi connectivity index (χ1n) is 10.4. The number of ketones is 1. The van der Waals surface area contributed by atoms with Gasteiger partial charge in [0.15, 0.2) is 5.78 Å². The Morgan fingerprint density at radius 1 is 1.03 bits per heavy atom. The predicted octanol–water partition coefficient (Wildman–Crippen LogP) is 3.83. The Morgan fingerprint density at radius 2 is 1.70 bits per heavy atom. The lowest BCUT2D eigenvalue weighted by atomic mass is 10.0. The van der Waals surface area contributed by atoms with Gasteiger partial charge in [0.05, 0.1) is 0 Å². The van der Waals surface area contributed by atoms with E-state index < -0.39 is 35.0 Å². The second kappa shape index (κ2) is 11.5. The smallest absolute Gasteiger partial charge is 0.330 e. The summed E-state index contributed by atoms with van der Waals surface area (Å²) < 4.78 is 31.8. The van der Waals surface area contributed by atoms with Gasteiger partial charge in [-0.25, -0.2) is 13.6 Å². The molecule has 0 fully saturated rings. The largest absolute Gasteiger partial charge is 0.461 e. The topological polar surface area (TPSA) is 75.7 Å². The molecular weight excluding hydrogens is 430 g/mol. The van der Waals surface area contributed by atoms with E-state index >= 15 is 0 Å². The van der Waals surface area contributed by atoms with Gasteiger partial charge in [0.2, 0.25) is 5.91 Å². The third-order valence-electron chi connectivity index (χ3n) is 4.54. The number of allylic oxidation sites excluding steroid dienone is 1. The number of ether oxygens (including phenoxy) is 1. The molecule has 2 aromatic carbocycles. The van der Waals surface area contributed by atoms with Crippen LogP contribution < -0.4 is 5.32 Å². The third-order valence-corrected chi connectivity index (χ3v) is 4.54. The first kappa shape index (κ1) is 25.9. The first-order valence-corrected chi connectivity index (χ1v) is 10.4. The van der Waals surface area contributed by atoms with Crippen molar-refractivity contribution in [3.05, 3.63) is 83.4 Å². The summed E-state index contributed by atoms with van der Waals surface area (Å²) >= 11 is 0. The van der Waals surface area contributed by atoms with Gasteiger partial charge in [-0.2, -0.15) is 0 Å². The number of nitrogens with zero attached hydrogens (tertiary/aromatic N) is 1. The average molecular weight is 459 g/mol. The normalized spacial score (nSPS) is 12.6. The number of carbonyl (C=O) groups is 3. The second-order valence-electron chi connectivity index (χ2n) is 8.55. The minimum absolute atomic E-state index is 0.0565. The zero-order valence-corrected chi connectivity index (χ0v) is 19.1. The molecule has 6 nitrogen and oxygen atoms in total. The van der Waals surface area contributed by atoms with Crippen LogP contribution in [0.25, 0.3) is 0 Å². The molecule has 0 aromatic heterocycles. The van der Waals surface area contributed by atoms with Gasteiger partial charge in [0, 0.05) is 23.7 Å². The van der Waals surface area contributed by atoms with Crippen LogP contribution in [0.3, 0.4) is 0 Å². The van der Waals surface area contributed by atoms with Gasteiger partial charge in [0.1, 0.15) is 24.3 Å². The van der Waals surface area contributed by atoms with E-state index in [1.807, 2.05) is 20.8 Å². The van der Waals surface area contributed by atoms with Crippen LogP contribution in [-0.2, 0) is 14.3 Å². The van der Waals surface area contributed by atoms with Crippen LogP contribution in [0.4, 0.5) is 8.78 Å². The van der Waals surface area contributed by atoms with E-state index in [4.69, 9.17) is 4.74 Å². The molecule has 0 aliphatic heterocycles. The fraction of sp³-hybridized carbons (Fsp3) is 0.320. The van der Waals surface area contributed by atoms with Crippen molar-refractivity contribution in [2.75, 3.05) is 20.2 Å². The summed E-state index contributed by atoms with van der Waals surface area (Å²) in [6.07, 6.45) is 2.04. The lowest BCUT2D eigenvalue weighted by Gasteiger charge is -2.31. The number of benzene rings is 2. The maximum atomic E-state index is 13.8. The number of hydrogen-bond donors (Lipinski definition) is 1. The summed E-state index contributed by atoms with van der Waals surface area (Å²) in [5, 5.41) is 2.89. The Hall–Kier alpha value is -3.39. The Kier molecular flexibility index (Phi) is 8.99. The van der Waals surface area contributed by atoms with E-state index in [0.29, 0.717) is 5.56 Å². The molecule has 0 saturated carbocycles. The van der Waals surface area contributed by atoms with E-state index in [2.05, 4.69) is 5.32 Å². The van der Waals surface area contributed by atoms with Crippen molar-refractivity contribution in [3.8, 4) is 0 Å². The van der Waals surface area contributed by atoms with Crippen molar-refractivity contribution in [2.24, 2.45) is 0 Å². The molecule has 0 saturated heterocycles. The molecule has 0 aliphatic rings. The minimum atomic E-state index is -0.797. The third kappa shape index (κ3) is 8.57. The molecule has 2 rings (SSSR count). The van der Waals surface area contributed by atoms with E-state index in [9.17, 15) is 23.2 Å². The van der Waals surface area contributed by atoms with Crippen LogP contribution in [0.1, 0.15) is 42.7 Å². The van der Waals surface area contributed by atoms with Gasteiger partial charge >= 0.3 is 5.97 Å². The predicted molar refractivity (Wildman–Crippen MR) is 120 cm³/mol. The molecular formula is C25H28F2N2O4. The summed E-state index contributed by atoms with van der Waals surface area (Å²) in [7, 11) is 1.67. The zero-order chi connectivity index (χ0) is 24.6. The highest BCUT2D eigenvalue weighted by Crippen LogP contribution is 2.21. The van der Waals surface area contributed by atoms with Gasteiger partial charge in [-0.15, -0.1) is 0 Å². The number of carbonyl (C=O) groups excluding carboxylic acids is 3. The van der Waals surface area contributed by atoms with Gasteiger partial charge in [-0.05, 0) is 75.9 Å². The molecule has 176 valence electrons. The summed E-state index contributed by atoms with van der Waals surface area (Å²) in [4.78, 5) is 38.5. The standard InChI is InChI=1S/C25H28F2N2O4/c1-25(2,3)28-24(32)23(18-6-5-7-20(27)16-18)29(4)14-15-33-22(31)13-12-21(30)17-8-10-19(26)11-9-17/h5-13,16,23H,14-15H2,1-4H3,(H,28,32). The van der Waals surface area contributed by atoms with Gasteiger partial charge in [-0.1, -0.05) is 12.1 Å². The highest BCUT2D eigenvalue weighted by molar-refractivity contribution is 6.06. The molecule has 0 radical (unpaired) electrons. The van der Waals surface area contributed by atoms with Crippen LogP contribution in [0.15, 0.2) is 60.7 Å². The van der Waals surface area contributed by atoms with Crippen molar-refractivity contribution in [1.82, 2.24) is 10.2 Å². The lowest BCUT2D eigenvalue weighted by Crippen LogP contribution is -2.47. The first-order chi connectivity index (χ1) is 15.5. The summed E-state index contributed by atoms with van der Waals surface area (Å²) in [6.45, 7) is 5.65. The maximum absolute atomic E-state index is 13.8. The van der Waals surface area contributed by atoms with Crippen molar-refractivity contribution in [3.63, 3.8) is 0 Å². The molecule has 33 heavy (non-hydrogen) atoms. The van der Waals surface area contributed by atoms with E-state index in [0.717, 1.165) is 24.3 Å². The Balaban J connectivity index is 1.97. The fourth-order valence-electron chi connectivity index (χ4n) is 3.04. The molecule has 1 amide bonds. The van der Waals surface area contributed by atoms with E-state index in [1.54, 1.807) is 18.0 Å². The summed E-state index contributed by atoms with van der Waals surface area (Å²) in [5.41, 5.74) is 0.219. The summed E-state index contributed by atoms with van der Waals surface area (Å²) in [6, 6.07) is 9.91. The van der Waals surface area contributed by atoms with Crippen LogP contribution in [0.2, 0.25) is 0 Å². The lowest BCUT2D eigenvalue weighted by molar-refractivity contribution is -0.138. The Labute approximate surface area is 192 Å². The SMILES string of the molecule is CN(CCOC(=O)C=CC(=O)c1ccc(F)cc1)C(C(=O)NC(C)(C)C)c1cccc(F)c1. The number of amides is 1. The van der Waals surface area contributed by atoms with Crippen molar-refractivity contribution < 1.29 is 27.9 Å². The number of rotatable bonds is 9. The molecule has 1 atom stereocenters. The van der Waals surface area contributed by atoms with Crippen molar-refractivity contribution in [2.45, 2.75) is 32.4 Å². The van der Waals surface area contributed by atoms with Gasteiger partial charge in [-0.3, -0.25) is 14.5 Å². The van der Waals surface area contributed by atoms with E-state index in [1.165, 1.54) is 30.3 Å². The molecule has 1 unspecified atom stereocenters. The van der Waals surface area contributed by atoms with Crippen LogP contribution >= 0.6 is 0 Å².